The molecule has 0 saturated carbocycles. The van der Waals surface area contributed by atoms with Gasteiger partial charge in [-0.05, 0) is 37.1 Å². The molecule has 0 aliphatic carbocycles. The Morgan fingerprint density at radius 1 is 1.17 bits per heavy atom. The predicted octanol–water partition coefficient (Wildman–Crippen LogP) is 3.43. The van der Waals surface area contributed by atoms with Gasteiger partial charge in [0.1, 0.15) is 0 Å². The fourth-order valence-corrected chi connectivity index (χ4v) is 2.31. The third-order valence-corrected chi connectivity index (χ3v) is 3.73. The van der Waals surface area contributed by atoms with Crippen LogP contribution in [0.2, 0.25) is 0 Å². The molecule has 0 heterocycles. The van der Waals surface area contributed by atoms with Gasteiger partial charge in [0.2, 0.25) is 5.91 Å². The van der Waals surface area contributed by atoms with E-state index < -0.39 is 0 Å². The van der Waals surface area contributed by atoms with Crippen LogP contribution < -0.4 is 10.6 Å². The van der Waals surface area contributed by atoms with E-state index in [1.165, 1.54) is 5.56 Å². The molecular weight excluding hydrogens is 288 g/mol. The molecule has 2 aromatic rings. The van der Waals surface area contributed by atoms with Gasteiger partial charge < -0.3 is 15.4 Å². The first kappa shape index (κ1) is 17.0. The van der Waals surface area contributed by atoms with Crippen molar-refractivity contribution < 1.29 is 9.53 Å². The molecule has 0 aliphatic rings. The highest BCUT2D eigenvalue weighted by Gasteiger charge is 2.05. The van der Waals surface area contributed by atoms with Crippen molar-refractivity contribution in [1.29, 1.82) is 0 Å². The van der Waals surface area contributed by atoms with Crippen molar-refractivity contribution in [2.24, 2.45) is 0 Å². The zero-order valence-electron chi connectivity index (χ0n) is 13.9. The van der Waals surface area contributed by atoms with Gasteiger partial charge in [-0.2, -0.15) is 0 Å². The molecule has 0 radical (unpaired) electrons. The van der Waals surface area contributed by atoms with Crippen LogP contribution >= 0.6 is 0 Å². The van der Waals surface area contributed by atoms with Crippen LogP contribution in [0.1, 0.15) is 29.7 Å². The van der Waals surface area contributed by atoms with Gasteiger partial charge in [0, 0.05) is 19.3 Å². The van der Waals surface area contributed by atoms with Gasteiger partial charge in [0.05, 0.1) is 12.6 Å². The predicted molar refractivity (Wildman–Crippen MR) is 93.4 cm³/mol. The number of hydrogen-bond donors (Lipinski definition) is 2. The molecule has 2 N–H and O–H groups in total. The minimum atomic E-state index is -0.0308. The lowest BCUT2D eigenvalue weighted by Crippen LogP contribution is -2.29. The third kappa shape index (κ3) is 5.42. The molecule has 1 unspecified atom stereocenters. The maximum atomic E-state index is 12.0. The highest BCUT2D eigenvalue weighted by atomic mass is 16.5. The standard InChI is InChI=1S/C19H24N2O2/c1-14-6-4-7-16(10-14)12-21-19(22)13-20-18-9-5-8-17(11-18)15(2)23-3/h4-11,15,20H,12-13H2,1-3H3,(H,21,22). The number of benzene rings is 2. The van der Waals surface area contributed by atoms with E-state index in [1.807, 2.05) is 56.3 Å². The van der Waals surface area contributed by atoms with Gasteiger partial charge in [0.25, 0.3) is 0 Å². The van der Waals surface area contributed by atoms with Crippen LogP contribution in [-0.2, 0) is 16.1 Å². The first-order chi connectivity index (χ1) is 11.1. The number of amides is 1. The zero-order valence-corrected chi connectivity index (χ0v) is 13.9. The molecule has 4 nitrogen and oxygen atoms in total. The van der Waals surface area contributed by atoms with E-state index >= 15 is 0 Å². The molecule has 1 amide bonds. The number of nitrogens with one attached hydrogen (secondary N) is 2. The van der Waals surface area contributed by atoms with Gasteiger partial charge in [-0.3, -0.25) is 4.79 Å². The maximum Gasteiger partial charge on any atom is 0.239 e. The zero-order chi connectivity index (χ0) is 16.7. The average molecular weight is 312 g/mol. The van der Waals surface area contributed by atoms with Crippen molar-refractivity contribution in [2.75, 3.05) is 19.0 Å². The maximum absolute atomic E-state index is 12.0. The molecule has 0 aromatic heterocycles. The van der Waals surface area contributed by atoms with Crippen LogP contribution in [0.5, 0.6) is 0 Å². The molecule has 2 rings (SSSR count). The summed E-state index contributed by atoms with van der Waals surface area (Å²) in [6.07, 6.45) is 0.0342. The number of anilines is 1. The fourth-order valence-electron chi connectivity index (χ4n) is 2.31. The molecule has 1 atom stereocenters. The quantitative estimate of drug-likeness (QED) is 0.823. The second-order valence-electron chi connectivity index (χ2n) is 5.62. The molecule has 0 saturated heterocycles. The first-order valence-corrected chi connectivity index (χ1v) is 7.77. The molecule has 2 aromatic carbocycles. The molecule has 122 valence electrons. The van der Waals surface area contributed by atoms with E-state index in [-0.39, 0.29) is 18.6 Å². The molecule has 0 aliphatic heterocycles. The van der Waals surface area contributed by atoms with Crippen LogP contribution in [0.3, 0.4) is 0 Å². The van der Waals surface area contributed by atoms with Gasteiger partial charge in [0.15, 0.2) is 0 Å². The Balaban J connectivity index is 1.82. The van der Waals surface area contributed by atoms with Gasteiger partial charge >= 0.3 is 0 Å². The van der Waals surface area contributed by atoms with Gasteiger partial charge in [-0.25, -0.2) is 0 Å². The van der Waals surface area contributed by atoms with E-state index in [1.54, 1.807) is 7.11 Å². The summed E-state index contributed by atoms with van der Waals surface area (Å²) in [5.41, 5.74) is 4.29. The summed E-state index contributed by atoms with van der Waals surface area (Å²) >= 11 is 0. The lowest BCUT2D eigenvalue weighted by Gasteiger charge is -2.12. The number of hydrogen-bond acceptors (Lipinski definition) is 3. The number of carbonyl (C=O) groups is 1. The highest BCUT2D eigenvalue weighted by molar-refractivity contribution is 5.80. The largest absolute Gasteiger partial charge is 0.377 e. The smallest absolute Gasteiger partial charge is 0.239 e. The lowest BCUT2D eigenvalue weighted by atomic mass is 10.1. The number of methoxy groups -OCH3 is 1. The average Bonchev–Trinajstić information content (AvgIpc) is 2.57. The summed E-state index contributed by atoms with van der Waals surface area (Å²) in [5, 5.41) is 6.06. The summed E-state index contributed by atoms with van der Waals surface area (Å²) < 4.78 is 5.31. The van der Waals surface area contributed by atoms with Crippen LogP contribution in [0, 0.1) is 6.92 Å². The van der Waals surface area contributed by atoms with Gasteiger partial charge in [-0.1, -0.05) is 42.0 Å². The second-order valence-corrected chi connectivity index (χ2v) is 5.62. The summed E-state index contributed by atoms with van der Waals surface area (Å²) in [6.45, 7) is 4.83. The first-order valence-electron chi connectivity index (χ1n) is 7.77. The summed E-state index contributed by atoms with van der Waals surface area (Å²) in [4.78, 5) is 12.0. The van der Waals surface area contributed by atoms with Crippen molar-refractivity contribution >= 4 is 11.6 Å². The molecule has 23 heavy (non-hydrogen) atoms. The number of carbonyl (C=O) groups excluding carboxylic acids is 1. The normalized spacial score (nSPS) is 11.8. The number of ether oxygens (including phenoxy) is 1. The van der Waals surface area contributed by atoms with Crippen molar-refractivity contribution in [3.05, 3.63) is 65.2 Å². The summed E-state index contributed by atoms with van der Waals surface area (Å²) in [6, 6.07) is 16.0. The van der Waals surface area contributed by atoms with E-state index in [4.69, 9.17) is 4.74 Å². The summed E-state index contributed by atoms with van der Waals surface area (Å²) in [7, 11) is 1.68. The van der Waals surface area contributed by atoms with E-state index in [2.05, 4.69) is 16.7 Å². The van der Waals surface area contributed by atoms with E-state index in [0.717, 1.165) is 16.8 Å². The van der Waals surface area contributed by atoms with Crippen LogP contribution in [0.25, 0.3) is 0 Å². The Bertz CT molecular complexity index is 655. The Labute approximate surface area is 137 Å². The van der Waals surface area contributed by atoms with Crippen molar-refractivity contribution in [2.45, 2.75) is 26.5 Å². The third-order valence-electron chi connectivity index (χ3n) is 3.73. The molecule has 4 heteroatoms. The van der Waals surface area contributed by atoms with Crippen LogP contribution in [0.4, 0.5) is 5.69 Å². The Kier molecular flexibility index (Phi) is 6.18. The number of aryl methyl sites for hydroxylation is 1. The topological polar surface area (TPSA) is 50.4 Å². The fraction of sp³-hybridized carbons (Fsp3) is 0.316. The summed E-state index contributed by atoms with van der Waals surface area (Å²) in [5.74, 6) is -0.0308. The molecule has 0 bridgehead atoms. The molecular formula is C19H24N2O2. The van der Waals surface area contributed by atoms with Crippen molar-refractivity contribution in [3.63, 3.8) is 0 Å². The minimum absolute atomic E-state index is 0.0308. The molecule has 0 fully saturated rings. The van der Waals surface area contributed by atoms with Crippen LogP contribution in [0.15, 0.2) is 48.5 Å². The molecule has 0 spiro atoms. The van der Waals surface area contributed by atoms with Crippen molar-refractivity contribution in [1.82, 2.24) is 5.32 Å². The Morgan fingerprint density at radius 2 is 1.96 bits per heavy atom. The van der Waals surface area contributed by atoms with Crippen molar-refractivity contribution in [3.8, 4) is 0 Å². The van der Waals surface area contributed by atoms with Gasteiger partial charge in [-0.15, -0.1) is 0 Å². The van der Waals surface area contributed by atoms with E-state index in [9.17, 15) is 4.79 Å². The Hall–Kier alpha value is -2.33. The Morgan fingerprint density at radius 3 is 2.70 bits per heavy atom. The SMILES string of the molecule is COC(C)c1cccc(NCC(=O)NCc2cccc(C)c2)c1. The monoisotopic (exact) mass is 312 g/mol. The lowest BCUT2D eigenvalue weighted by molar-refractivity contribution is -0.119. The highest BCUT2D eigenvalue weighted by Crippen LogP contribution is 2.19. The van der Waals surface area contributed by atoms with Crippen LogP contribution in [-0.4, -0.2) is 19.6 Å². The number of rotatable bonds is 7. The van der Waals surface area contributed by atoms with E-state index in [0.29, 0.717) is 6.54 Å². The minimum Gasteiger partial charge on any atom is -0.377 e. The second kappa shape index (κ2) is 8.34.